The van der Waals surface area contributed by atoms with Crippen molar-refractivity contribution in [3.63, 3.8) is 0 Å². The lowest BCUT2D eigenvalue weighted by Gasteiger charge is -2.37. The second-order valence-corrected chi connectivity index (χ2v) is 7.00. The SMILES string of the molecule is CC1CCC(C(N)C2CCCS2)CC1C. The molecule has 0 bridgehead atoms. The number of hydrogen-bond donors (Lipinski definition) is 1. The molecule has 0 aromatic rings. The van der Waals surface area contributed by atoms with Gasteiger partial charge in [0.2, 0.25) is 0 Å². The zero-order valence-corrected chi connectivity index (χ0v) is 10.9. The average Bonchev–Trinajstić information content (AvgIpc) is 2.74. The lowest BCUT2D eigenvalue weighted by Crippen LogP contribution is -2.41. The van der Waals surface area contributed by atoms with E-state index in [0.29, 0.717) is 6.04 Å². The third-order valence-electron chi connectivity index (χ3n) is 4.58. The monoisotopic (exact) mass is 227 g/mol. The second-order valence-electron chi connectivity index (χ2n) is 5.66. The lowest BCUT2D eigenvalue weighted by atomic mass is 9.72. The van der Waals surface area contributed by atoms with Gasteiger partial charge in [0.1, 0.15) is 0 Å². The predicted octanol–water partition coefficient (Wildman–Crippen LogP) is 3.28. The summed E-state index contributed by atoms with van der Waals surface area (Å²) in [5.74, 6) is 3.97. The van der Waals surface area contributed by atoms with E-state index in [-0.39, 0.29) is 0 Å². The van der Waals surface area contributed by atoms with Crippen molar-refractivity contribution >= 4 is 11.8 Å². The Hall–Kier alpha value is 0.310. The summed E-state index contributed by atoms with van der Waals surface area (Å²) in [7, 11) is 0. The topological polar surface area (TPSA) is 26.0 Å². The van der Waals surface area contributed by atoms with Crippen molar-refractivity contribution in [1.82, 2.24) is 0 Å². The van der Waals surface area contributed by atoms with Crippen molar-refractivity contribution in [2.45, 2.75) is 57.2 Å². The van der Waals surface area contributed by atoms with Gasteiger partial charge in [-0.05, 0) is 49.2 Å². The van der Waals surface area contributed by atoms with Crippen molar-refractivity contribution < 1.29 is 0 Å². The molecule has 88 valence electrons. The van der Waals surface area contributed by atoms with E-state index in [2.05, 4.69) is 25.6 Å². The molecule has 1 heterocycles. The van der Waals surface area contributed by atoms with Crippen molar-refractivity contribution in [2.24, 2.45) is 23.5 Å². The van der Waals surface area contributed by atoms with Gasteiger partial charge in [0.05, 0.1) is 0 Å². The van der Waals surface area contributed by atoms with E-state index in [4.69, 9.17) is 5.73 Å². The van der Waals surface area contributed by atoms with Gasteiger partial charge in [-0.1, -0.05) is 20.3 Å². The molecule has 0 radical (unpaired) electrons. The van der Waals surface area contributed by atoms with Crippen LogP contribution in [0.5, 0.6) is 0 Å². The first-order valence-corrected chi connectivity index (χ1v) is 7.60. The van der Waals surface area contributed by atoms with Crippen LogP contribution in [0.2, 0.25) is 0 Å². The van der Waals surface area contributed by atoms with E-state index in [1.165, 1.54) is 37.9 Å². The Morgan fingerprint density at radius 1 is 1.13 bits per heavy atom. The fourth-order valence-electron chi connectivity index (χ4n) is 3.15. The molecule has 15 heavy (non-hydrogen) atoms. The summed E-state index contributed by atoms with van der Waals surface area (Å²) in [6.07, 6.45) is 6.91. The molecule has 1 aliphatic carbocycles. The molecule has 1 nitrogen and oxygen atoms in total. The normalized spacial score (nSPS) is 44.2. The van der Waals surface area contributed by atoms with E-state index in [1.807, 2.05) is 0 Å². The van der Waals surface area contributed by atoms with Gasteiger partial charge >= 0.3 is 0 Å². The molecule has 2 fully saturated rings. The highest BCUT2D eigenvalue weighted by atomic mass is 32.2. The molecular formula is C13H25NS. The summed E-state index contributed by atoms with van der Waals surface area (Å²) in [4.78, 5) is 0. The van der Waals surface area contributed by atoms with Crippen molar-refractivity contribution in [3.8, 4) is 0 Å². The van der Waals surface area contributed by atoms with Gasteiger partial charge in [0, 0.05) is 11.3 Å². The van der Waals surface area contributed by atoms with Gasteiger partial charge in [-0.3, -0.25) is 0 Å². The van der Waals surface area contributed by atoms with E-state index >= 15 is 0 Å². The Morgan fingerprint density at radius 3 is 2.53 bits per heavy atom. The molecule has 2 aliphatic rings. The van der Waals surface area contributed by atoms with Crippen LogP contribution >= 0.6 is 11.8 Å². The Morgan fingerprint density at radius 2 is 1.93 bits per heavy atom. The zero-order valence-electron chi connectivity index (χ0n) is 10.1. The summed E-state index contributed by atoms with van der Waals surface area (Å²) in [6.45, 7) is 4.81. The van der Waals surface area contributed by atoms with E-state index < -0.39 is 0 Å². The van der Waals surface area contributed by atoms with Gasteiger partial charge in [-0.25, -0.2) is 0 Å². The van der Waals surface area contributed by atoms with E-state index in [9.17, 15) is 0 Å². The number of nitrogens with two attached hydrogens (primary N) is 1. The molecule has 0 amide bonds. The quantitative estimate of drug-likeness (QED) is 0.783. The summed E-state index contributed by atoms with van der Waals surface area (Å²) in [6, 6.07) is 0.479. The first-order chi connectivity index (χ1) is 7.18. The Bertz CT molecular complexity index is 201. The third-order valence-corrected chi connectivity index (χ3v) is 6.08. The van der Waals surface area contributed by atoms with Gasteiger partial charge in [0.25, 0.3) is 0 Å². The maximum absolute atomic E-state index is 6.44. The van der Waals surface area contributed by atoms with Crippen molar-refractivity contribution in [1.29, 1.82) is 0 Å². The molecule has 5 atom stereocenters. The minimum absolute atomic E-state index is 0.479. The molecule has 0 aromatic heterocycles. The first-order valence-electron chi connectivity index (χ1n) is 6.55. The number of rotatable bonds is 2. The van der Waals surface area contributed by atoms with Crippen LogP contribution in [0.25, 0.3) is 0 Å². The van der Waals surface area contributed by atoms with Gasteiger partial charge in [-0.2, -0.15) is 11.8 Å². The molecule has 0 spiro atoms. The maximum Gasteiger partial charge on any atom is 0.0202 e. The predicted molar refractivity (Wildman–Crippen MR) is 69.1 cm³/mol. The van der Waals surface area contributed by atoms with E-state index in [1.54, 1.807) is 0 Å². The smallest absolute Gasteiger partial charge is 0.0202 e. The third kappa shape index (κ3) is 2.71. The molecule has 1 saturated carbocycles. The molecule has 2 heteroatoms. The van der Waals surface area contributed by atoms with Crippen LogP contribution in [0.1, 0.15) is 46.0 Å². The first kappa shape index (κ1) is 11.8. The summed E-state index contributed by atoms with van der Waals surface area (Å²) >= 11 is 2.12. The molecule has 2 rings (SSSR count). The Balaban J connectivity index is 1.87. The van der Waals surface area contributed by atoms with Crippen molar-refractivity contribution in [2.75, 3.05) is 5.75 Å². The van der Waals surface area contributed by atoms with Crippen LogP contribution in [-0.4, -0.2) is 17.0 Å². The molecule has 0 aromatic carbocycles. The lowest BCUT2D eigenvalue weighted by molar-refractivity contribution is 0.183. The number of hydrogen-bond acceptors (Lipinski definition) is 2. The summed E-state index contributed by atoms with van der Waals surface area (Å²) in [5, 5.41) is 0.774. The zero-order chi connectivity index (χ0) is 10.8. The van der Waals surface area contributed by atoms with Gasteiger partial charge < -0.3 is 5.73 Å². The Labute approximate surface area is 98.6 Å². The molecule has 1 saturated heterocycles. The van der Waals surface area contributed by atoms with Crippen LogP contribution in [0.4, 0.5) is 0 Å². The van der Waals surface area contributed by atoms with Gasteiger partial charge in [0.15, 0.2) is 0 Å². The molecule has 2 N–H and O–H groups in total. The maximum atomic E-state index is 6.44. The largest absolute Gasteiger partial charge is 0.326 e. The highest BCUT2D eigenvalue weighted by Crippen LogP contribution is 2.39. The highest BCUT2D eigenvalue weighted by Gasteiger charge is 2.33. The fraction of sp³-hybridized carbons (Fsp3) is 1.00. The van der Waals surface area contributed by atoms with Crippen molar-refractivity contribution in [3.05, 3.63) is 0 Å². The summed E-state index contributed by atoms with van der Waals surface area (Å²) in [5.41, 5.74) is 6.44. The standard InChI is InChI=1S/C13H25NS/c1-9-5-6-11(8-10(9)2)13(14)12-4-3-7-15-12/h9-13H,3-8,14H2,1-2H3. The Kier molecular flexibility index (Phi) is 4.00. The molecule has 5 unspecified atom stereocenters. The van der Waals surface area contributed by atoms with Crippen LogP contribution in [0, 0.1) is 17.8 Å². The van der Waals surface area contributed by atoms with Gasteiger partial charge in [-0.15, -0.1) is 0 Å². The number of thioether (sulfide) groups is 1. The van der Waals surface area contributed by atoms with Crippen LogP contribution in [0.15, 0.2) is 0 Å². The minimum atomic E-state index is 0.479. The summed E-state index contributed by atoms with van der Waals surface area (Å²) < 4.78 is 0. The fourth-order valence-corrected chi connectivity index (χ4v) is 4.56. The minimum Gasteiger partial charge on any atom is -0.326 e. The van der Waals surface area contributed by atoms with Crippen LogP contribution < -0.4 is 5.73 Å². The van der Waals surface area contributed by atoms with Crippen LogP contribution in [0.3, 0.4) is 0 Å². The molecular weight excluding hydrogens is 202 g/mol. The highest BCUT2D eigenvalue weighted by molar-refractivity contribution is 8.00. The van der Waals surface area contributed by atoms with E-state index in [0.717, 1.165) is 23.0 Å². The average molecular weight is 227 g/mol. The second kappa shape index (κ2) is 5.09. The molecule has 1 aliphatic heterocycles. The van der Waals surface area contributed by atoms with Crippen LogP contribution in [-0.2, 0) is 0 Å².